The summed E-state index contributed by atoms with van der Waals surface area (Å²) in [6.07, 6.45) is 0. The average Bonchev–Trinajstić information content (AvgIpc) is 3.23. The van der Waals surface area contributed by atoms with Gasteiger partial charge in [0.25, 0.3) is 0 Å². The number of nitrogens with one attached hydrogen (secondary N) is 1. The zero-order valence-electron chi connectivity index (χ0n) is 14.7. The number of hydrogen-bond acceptors (Lipinski definition) is 5. The first-order valence-electron chi connectivity index (χ1n) is 8.02. The van der Waals surface area contributed by atoms with Gasteiger partial charge < -0.3 is 0 Å². The summed E-state index contributed by atoms with van der Waals surface area (Å²) >= 11 is 2.72. The number of benzene rings is 1. The number of rotatable bonds is 6. The molecule has 0 fully saturated rings. The Bertz CT molecular complexity index is 1020. The fourth-order valence-electron chi connectivity index (χ4n) is 2.95. The molecule has 0 aliphatic heterocycles. The second-order valence-corrected chi connectivity index (χ2v) is 9.94. The number of carbonyl (C=O) groups is 1. The Balaban J connectivity index is 1.76. The van der Waals surface area contributed by atoms with E-state index >= 15 is 0 Å². The molecule has 0 spiro atoms. The van der Waals surface area contributed by atoms with Gasteiger partial charge in [-0.1, -0.05) is 23.8 Å². The molecule has 4 nitrogen and oxygen atoms in total. The first-order chi connectivity index (χ1) is 12.3. The molecule has 3 rings (SSSR count). The number of sulfonamides is 1. The van der Waals surface area contributed by atoms with Crippen LogP contribution in [-0.2, 0) is 16.6 Å². The van der Waals surface area contributed by atoms with Crippen molar-refractivity contribution < 1.29 is 13.2 Å². The smallest absolute Gasteiger partial charge is 0.241 e. The maximum Gasteiger partial charge on any atom is 0.241 e. The average molecular weight is 406 g/mol. The second kappa shape index (κ2) is 7.44. The van der Waals surface area contributed by atoms with Crippen LogP contribution in [0.1, 0.15) is 36.1 Å². The molecule has 26 heavy (non-hydrogen) atoms. The summed E-state index contributed by atoms with van der Waals surface area (Å²) in [5, 5.41) is 1.86. The summed E-state index contributed by atoms with van der Waals surface area (Å²) in [6, 6.07) is 10.9. The van der Waals surface area contributed by atoms with E-state index in [2.05, 4.69) is 4.72 Å². The van der Waals surface area contributed by atoms with E-state index in [1.807, 2.05) is 30.5 Å². The third-order valence-electron chi connectivity index (χ3n) is 3.94. The molecule has 2 aromatic heterocycles. The van der Waals surface area contributed by atoms with E-state index in [0.717, 1.165) is 21.6 Å². The molecule has 3 aromatic rings. The van der Waals surface area contributed by atoms with Crippen molar-refractivity contribution in [1.29, 1.82) is 0 Å². The van der Waals surface area contributed by atoms with Crippen molar-refractivity contribution in [2.45, 2.75) is 32.2 Å². The van der Waals surface area contributed by atoms with Crippen LogP contribution in [0.15, 0.2) is 46.7 Å². The first-order valence-corrected chi connectivity index (χ1v) is 11.2. The molecule has 1 aromatic carbocycles. The van der Waals surface area contributed by atoms with Gasteiger partial charge in [0, 0.05) is 11.4 Å². The van der Waals surface area contributed by atoms with Crippen molar-refractivity contribution in [2.75, 3.05) is 0 Å². The molecule has 0 atom stereocenters. The van der Waals surface area contributed by atoms with E-state index in [0.29, 0.717) is 14.6 Å². The van der Waals surface area contributed by atoms with E-state index in [9.17, 15) is 13.2 Å². The van der Waals surface area contributed by atoms with Gasteiger partial charge in [-0.15, -0.1) is 22.7 Å². The van der Waals surface area contributed by atoms with Gasteiger partial charge in [0.1, 0.15) is 0 Å². The molecule has 0 saturated carbocycles. The molecule has 0 saturated heterocycles. The minimum atomic E-state index is -3.62. The zero-order chi connectivity index (χ0) is 18.9. The zero-order valence-corrected chi connectivity index (χ0v) is 17.1. The van der Waals surface area contributed by atoms with Crippen molar-refractivity contribution in [3.8, 4) is 0 Å². The van der Waals surface area contributed by atoms with Gasteiger partial charge in [-0.25, -0.2) is 13.1 Å². The summed E-state index contributed by atoms with van der Waals surface area (Å²) in [4.78, 5) is 14.8. The summed E-state index contributed by atoms with van der Waals surface area (Å²) < 4.78 is 28.1. The predicted octanol–water partition coefficient (Wildman–Crippen LogP) is 4.44. The lowest BCUT2D eigenvalue weighted by molar-refractivity contribution is 0.104. The van der Waals surface area contributed by atoms with Crippen LogP contribution in [0.25, 0.3) is 0 Å². The topological polar surface area (TPSA) is 63.2 Å². The van der Waals surface area contributed by atoms with Gasteiger partial charge in [-0.3, -0.25) is 4.79 Å². The van der Waals surface area contributed by atoms with E-state index in [-0.39, 0.29) is 12.3 Å². The Morgan fingerprint density at radius 2 is 1.73 bits per heavy atom. The number of carbonyl (C=O) groups excluding carboxylic acids is 1. The highest BCUT2D eigenvalue weighted by Crippen LogP contribution is 2.24. The molecule has 136 valence electrons. The Morgan fingerprint density at radius 3 is 2.35 bits per heavy atom. The third kappa shape index (κ3) is 3.96. The molecular weight excluding hydrogens is 386 g/mol. The van der Waals surface area contributed by atoms with Gasteiger partial charge in [0.15, 0.2) is 0 Å². The van der Waals surface area contributed by atoms with Crippen molar-refractivity contribution in [3.05, 3.63) is 73.1 Å². The maximum absolute atomic E-state index is 12.7. The molecule has 0 amide bonds. The number of hydrogen-bond donors (Lipinski definition) is 1. The predicted molar refractivity (Wildman–Crippen MR) is 107 cm³/mol. The van der Waals surface area contributed by atoms with Crippen molar-refractivity contribution >= 4 is 38.5 Å². The summed E-state index contributed by atoms with van der Waals surface area (Å²) in [7, 11) is -3.62. The van der Waals surface area contributed by atoms with E-state index in [1.54, 1.807) is 32.0 Å². The lowest BCUT2D eigenvalue weighted by Crippen LogP contribution is -2.24. The van der Waals surface area contributed by atoms with Crippen LogP contribution in [-0.4, -0.2) is 14.2 Å². The lowest BCUT2D eigenvalue weighted by Gasteiger charge is -2.12. The molecule has 7 heteroatoms. The SMILES string of the molecule is Cc1cc(C)c(S(=O)(=O)NCc2ccc(C(=O)c3cccs3)s2)c(C)c1. The van der Waals surface area contributed by atoms with Crippen LogP contribution in [0.4, 0.5) is 0 Å². The summed E-state index contributed by atoms with van der Waals surface area (Å²) in [5.74, 6) is -0.0238. The Hall–Kier alpha value is -1.80. The number of aryl methyl sites for hydroxylation is 3. The van der Waals surface area contributed by atoms with Crippen LogP contribution in [0.5, 0.6) is 0 Å². The van der Waals surface area contributed by atoms with Crippen LogP contribution in [0, 0.1) is 20.8 Å². The van der Waals surface area contributed by atoms with Crippen molar-refractivity contribution in [3.63, 3.8) is 0 Å². The molecular formula is C19H19NO3S3. The van der Waals surface area contributed by atoms with Gasteiger partial charge in [-0.05, 0) is 55.5 Å². The van der Waals surface area contributed by atoms with Crippen LogP contribution < -0.4 is 4.72 Å². The van der Waals surface area contributed by atoms with Crippen molar-refractivity contribution in [1.82, 2.24) is 4.72 Å². The minimum absolute atomic E-state index is 0.0238. The Labute approximate surface area is 161 Å². The van der Waals surface area contributed by atoms with E-state index < -0.39 is 10.0 Å². The number of thiophene rings is 2. The van der Waals surface area contributed by atoms with Gasteiger partial charge in [0.05, 0.1) is 14.6 Å². The highest BCUT2D eigenvalue weighted by atomic mass is 32.2. The van der Waals surface area contributed by atoms with Crippen molar-refractivity contribution in [2.24, 2.45) is 0 Å². The van der Waals surface area contributed by atoms with Crippen LogP contribution in [0.2, 0.25) is 0 Å². The van der Waals surface area contributed by atoms with Gasteiger partial charge >= 0.3 is 0 Å². The molecule has 0 radical (unpaired) electrons. The highest BCUT2D eigenvalue weighted by Gasteiger charge is 2.20. The quantitative estimate of drug-likeness (QED) is 0.617. The first kappa shape index (κ1) is 19.0. The molecule has 0 unspecified atom stereocenters. The number of ketones is 1. The van der Waals surface area contributed by atoms with Crippen LogP contribution >= 0.6 is 22.7 Å². The van der Waals surface area contributed by atoms with Gasteiger partial charge in [-0.2, -0.15) is 0 Å². The minimum Gasteiger partial charge on any atom is -0.287 e. The molecule has 2 heterocycles. The normalized spacial score (nSPS) is 11.7. The molecule has 0 aliphatic rings. The highest BCUT2D eigenvalue weighted by molar-refractivity contribution is 7.89. The fourth-order valence-corrected chi connectivity index (χ4v) is 6.14. The second-order valence-electron chi connectivity index (χ2n) is 6.12. The third-order valence-corrected chi connectivity index (χ3v) is 7.60. The van der Waals surface area contributed by atoms with E-state index in [4.69, 9.17) is 0 Å². The molecule has 0 aliphatic carbocycles. The van der Waals surface area contributed by atoms with Gasteiger partial charge in [0.2, 0.25) is 15.8 Å². The summed E-state index contributed by atoms with van der Waals surface area (Å²) in [6.45, 7) is 5.72. The molecule has 1 N–H and O–H groups in total. The largest absolute Gasteiger partial charge is 0.287 e. The Morgan fingerprint density at radius 1 is 1.04 bits per heavy atom. The maximum atomic E-state index is 12.7. The van der Waals surface area contributed by atoms with Crippen LogP contribution in [0.3, 0.4) is 0 Å². The fraction of sp³-hybridized carbons (Fsp3) is 0.211. The summed E-state index contributed by atoms with van der Waals surface area (Å²) in [5.41, 5.74) is 2.50. The van der Waals surface area contributed by atoms with E-state index in [1.165, 1.54) is 22.7 Å². The monoisotopic (exact) mass is 405 g/mol. The molecule has 0 bridgehead atoms. The standard InChI is InChI=1S/C19H19NO3S3/c1-12-9-13(2)19(14(3)10-12)26(22,23)20-11-15-6-7-17(25-15)18(21)16-5-4-8-24-16/h4-10,20H,11H2,1-3H3. The lowest BCUT2D eigenvalue weighted by atomic mass is 10.1. The Kier molecular flexibility index (Phi) is 5.43.